The van der Waals surface area contributed by atoms with Gasteiger partial charge in [-0.2, -0.15) is 5.26 Å². The average molecular weight is 311 g/mol. The van der Waals surface area contributed by atoms with Crippen molar-refractivity contribution in [2.75, 3.05) is 17.7 Å². The lowest BCUT2D eigenvalue weighted by atomic mass is 10.4. The summed E-state index contributed by atoms with van der Waals surface area (Å²) in [5.41, 5.74) is 0.109. The highest BCUT2D eigenvalue weighted by atomic mass is 19.4. The SMILES string of the molecule is CNc1cc(Nc2cnc(C#N)cn2)nnc1OC(F)(F)F. The quantitative estimate of drug-likeness (QED) is 0.880. The molecule has 2 aromatic heterocycles. The number of alkyl halides is 3. The minimum atomic E-state index is -4.87. The minimum absolute atomic E-state index is 0.0172. The highest BCUT2D eigenvalue weighted by Gasteiger charge is 2.33. The fourth-order valence-electron chi connectivity index (χ4n) is 1.39. The van der Waals surface area contributed by atoms with E-state index in [1.54, 1.807) is 6.07 Å². The minimum Gasteiger partial charge on any atom is -0.384 e. The normalized spacial score (nSPS) is 10.7. The van der Waals surface area contributed by atoms with Gasteiger partial charge in [0.25, 0.3) is 5.88 Å². The summed E-state index contributed by atoms with van der Waals surface area (Å²) in [6.07, 6.45) is -2.36. The van der Waals surface area contributed by atoms with E-state index in [1.807, 2.05) is 0 Å². The number of halogens is 3. The van der Waals surface area contributed by atoms with Gasteiger partial charge in [0.1, 0.15) is 17.6 Å². The molecule has 2 N–H and O–H groups in total. The summed E-state index contributed by atoms with van der Waals surface area (Å²) in [5, 5.41) is 20.7. The summed E-state index contributed by atoms with van der Waals surface area (Å²) in [6.45, 7) is 0. The van der Waals surface area contributed by atoms with Crippen LogP contribution in [0.5, 0.6) is 5.88 Å². The Morgan fingerprint density at radius 3 is 2.50 bits per heavy atom. The molecule has 114 valence electrons. The summed E-state index contributed by atoms with van der Waals surface area (Å²) in [5.74, 6) is -0.329. The van der Waals surface area contributed by atoms with Gasteiger partial charge in [0, 0.05) is 13.1 Å². The smallest absolute Gasteiger partial charge is 0.384 e. The third-order valence-electron chi connectivity index (χ3n) is 2.26. The van der Waals surface area contributed by atoms with Gasteiger partial charge in [-0.1, -0.05) is 0 Å². The Balaban J connectivity index is 2.20. The number of nitriles is 1. The van der Waals surface area contributed by atoms with Crippen LogP contribution in [0.15, 0.2) is 18.5 Å². The Labute approximate surface area is 122 Å². The molecule has 2 rings (SSSR count). The first kappa shape index (κ1) is 15.2. The second-order valence-corrected chi connectivity index (χ2v) is 3.77. The first-order chi connectivity index (χ1) is 10.4. The number of hydrogen-bond donors (Lipinski definition) is 2. The van der Waals surface area contributed by atoms with E-state index in [-0.39, 0.29) is 23.0 Å². The van der Waals surface area contributed by atoms with E-state index >= 15 is 0 Å². The van der Waals surface area contributed by atoms with Gasteiger partial charge in [-0.25, -0.2) is 9.97 Å². The molecule has 2 aromatic rings. The maximum Gasteiger partial charge on any atom is 0.574 e. The number of nitrogens with zero attached hydrogens (tertiary/aromatic N) is 5. The van der Waals surface area contributed by atoms with E-state index in [2.05, 4.69) is 35.5 Å². The van der Waals surface area contributed by atoms with E-state index in [9.17, 15) is 13.2 Å². The molecular formula is C11H8F3N7O. The molecule has 0 bridgehead atoms. The number of hydrogen-bond acceptors (Lipinski definition) is 8. The first-order valence-electron chi connectivity index (χ1n) is 5.71. The van der Waals surface area contributed by atoms with Crippen molar-refractivity contribution in [1.29, 1.82) is 5.26 Å². The Hall–Kier alpha value is -3.16. The predicted molar refractivity (Wildman–Crippen MR) is 68.3 cm³/mol. The van der Waals surface area contributed by atoms with Crippen molar-refractivity contribution in [3.05, 3.63) is 24.2 Å². The van der Waals surface area contributed by atoms with Crippen LogP contribution in [-0.4, -0.2) is 33.6 Å². The topological polar surface area (TPSA) is 109 Å². The van der Waals surface area contributed by atoms with Crippen LogP contribution in [0.3, 0.4) is 0 Å². The largest absolute Gasteiger partial charge is 0.574 e. The van der Waals surface area contributed by atoms with Crippen LogP contribution in [0.2, 0.25) is 0 Å². The van der Waals surface area contributed by atoms with Crippen LogP contribution >= 0.6 is 0 Å². The van der Waals surface area contributed by atoms with Gasteiger partial charge in [0.05, 0.1) is 12.4 Å². The Bertz CT molecular complexity index is 696. The molecule has 11 heteroatoms. The molecule has 0 atom stereocenters. The van der Waals surface area contributed by atoms with Crippen molar-refractivity contribution in [3.63, 3.8) is 0 Å². The van der Waals surface area contributed by atoms with Gasteiger partial charge in [-0.3, -0.25) is 0 Å². The number of ether oxygens (including phenoxy) is 1. The maximum absolute atomic E-state index is 12.2. The molecule has 0 aromatic carbocycles. The molecule has 8 nitrogen and oxygen atoms in total. The van der Waals surface area contributed by atoms with E-state index in [1.165, 1.54) is 25.5 Å². The molecule has 2 heterocycles. The summed E-state index contributed by atoms with van der Waals surface area (Å²) < 4.78 is 40.3. The van der Waals surface area contributed by atoms with Gasteiger partial charge in [0.15, 0.2) is 11.5 Å². The molecule has 0 radical (unpaired) electrons. The first-order valence-corrected chi connectivity index (χ1v) is 5.71. The Morgan fingerprint density at radius 2 is 1.95 bits per heavy atom. The fraction of sp³-hybridized carbons (Fsp3) is 0.182. The zero-order valence-corrected chi connectivity index (χ0v) is 11.0. The summed E-state index contributed by atoms with van der Waals surface area (Å²) in [7, 11) is 1.41. The van der Waals surface area contributed by atoms with Crippen LogP contribution in [0, 0.1) is 11.3 Å². The molecular weight excluding hydrogens is 303 g/mol. The van der Waals surface area contributed by atoms with Crippen LogP contribution in [-0.2, 0) is 0 Å². The average Bonchev–Trinajstić information content (AvgIpc) is 2.48. The van der Waals surface area contributed by atoms with Gasteiger partial charge in [-0.15, -0.1) is 23.4 Å². The monoisotopic (exact) mass is 311 g/mol. The lowest BCUT2D eigenvalue weighted by Gasteiger charge is -2.12. The number of nitrogens with one attached hydrogen (secondary N) is 2. The number of rotatable bonds is 4. The van der Waals surface area contributed by atoms with Crippen LogP contribution in [0.4, 0.5) is 30.5 Å². The van der Waals surface area contributed by atoms with Crippen molar-refractivity contribution in [1.82, 2.24) is 20.2 Å². The van der Waals surface area contributed by atoms with Crippen LogP contribution in [0.1, 0.15) is 5.69 Å². The van der Waals surface area contributed by atoms with Crippen LogP contribution < -0.4 is 15.4 Å². The van der Waals surface area contributed by atoms with E-state index in [0.29, 0.717) is 0 Å². The number of aromatic nitrogens is 4. The predicted octanol–water partition coefficient (Wildman–Crippen LogP) is 1.82. The van der Waals surface area contributed by atoms with Crippen molar-refractivity contribution < 1.29 is 17.9 Å². The molecule has 0 unspecified atom stereocenters. The van der Waals surface area contributed by atoms with Crippen molar-refractivity contribution in [2.24, 2.45) is 0 Å². The third-order valence-corrected chi connectivity index (χ3v) is 2.26. The molecule has 0 aliphatic rings. The molecule has 0 saturated heterocycles. The number of anilines is 3. The van der Waals surface area contributed by atoms with E-state index in [4.69, 9.17) is 5.26 Å². The summed E-state index contributed by atoms with van der Waals surface area (Å²) in [6, 6.07) is 3.06. The maximum atomic E-state index is 12.2. The van der Waals surface area contributed by atoms with Gasteiger partial charge in [-0.05, 0) is 0 Å². The lowest BCUT2D eigenvalue weighted by Crippen LogP contribution is -2.19. The van der Waals surface area contributed by atoms with E-state index in [0.717, 1.165) is 0 Å². The molecule has 0 spiro atoms. The molecule has 0 fully saturated rings. The van der Waals surface area contributed by atoms with Gasteiger partial charge >= 0.3 is 6.36 Å². The summed E-state index contributed by atoms with van der Waals surface area (Å²) in [4.78, 5) is 7.67. The molecule has 0 amide bonds. The molecule has 0 saturated carbocycles. The second-order valence-electron chi connectivity index (χ2n) is 3.77. The highest BCUT2D eigenvalue weighted by molar-refractivity contribution is 5.61. The fourth-order valence-corrected chi connectivity index (χ4v) is 1.39. The van der Waals surface area contributed by atoms with Gasteiger partial charge in [0.2, 0.25) is 0 Å². The molecule has 22 heavy (non-hydrogen) atoms. The van der Waals surface area contributed by atoms with E-state index < -0.39 is 12.2 Å². The molecule has 0 aliphatic carbocycles. The van der Waals surface area contributed by atoms with Gasteiger partial charge < -0.3 is 15.4 Å². The van der Waals surface area contributed by atoms with Crippen molar-refractivity contribution >= 4 is 17.3 Å². The standard InChI is InChI=1S/C11H8F3N7O/c1-16-7-2-8(20-21-10(7)22-11(12,13)14)19-9-5-17-6(3-15)4-18-9/h2,4-5H,1H3,(H2,16,18,19,20). The zero-order chi connectivity index (χ0) is 16.2. The lowest BCUT2D eigenvalue weighted by molar-refractivity contribution is -0.276. The van der Waals surface area contributed by atoms with Crippen molar-refractivity contribution in [2.45, 2.75) is 6.36 Å². The Morgan fingerprint density at radius 1 is 1.18 bits per heavy atom. The summed E-state index contributed by atoms with van der Waals surface area (Å²) >= 11 is 0. The van der Waals surface area contributed by atoms with Crippen LogP contribution in [0.25, 0.3) is 0 Å². The van der Waals surface area contributed by atoms with Crippen molar-refractivity contribution in [3.8, 4) is 11.9 Å². The third kappa shape index (κ3) is 3.92. The Kier molecular flexibility index (Phi) is 4.21. The highest BCUT2D eigenvalue weighted by Crippen LogP contribution is 2.29. The molecule has 0 aliphatic heterocycles. The second kappa shape index (κ2) is 6.08. The zero-order valence-electron chi connectivity index (χ0n) is 11.0.